The molecule has 2 aliphatic carbocycles. The number of rotatable bonds is 4. The minimum atomic E-state index is 0.166. The van der Waals surface area contributed by atoms with Crippen LogP contribution in [0, 0.1) is 11.8 Å². The predicted molar refractivity (Wildman–Crippen MR) is 272 cm³/mol. The van der Waals surface area contributed by atoms with Crippen molar-refractivity contribution in [3.8, 4) is 22.3 Å². The Morgan fingerprint density at radius 3 is 1.72 bits per heavy atom. The van der Waals surface area contributed by atoms with Crippen LogP contribution in [0.25, 0.3) is 108 Å². The van der Waals surface area contributed by atoms with Crippen LogP contribution >= 0.6 is 11.3 Å². The first-order chi connectivity index (χ1) is 31.8. The van der Waals surface area contributed by atoms with E-state index in [1.54, 1.807) is 0 Å². The van der Waals surface area contributed by atoms with E-state index >= 15 is 0 Å². The van der Waals surface area contributed by atoms with Gasteiger partial charge in [0.2, 0.25) is 0 Å². The first-order valence-electron chi connectivity index (χ1n) is 22.2. The van der Waals surface area contributed by atoms with Gasteiger partial charge >= 0.3 is 0 Å². The Bertz CT molecular complexity index is 4080. The summed E-state index contributed by atoms with van der Waals surface area (Å²) in [5.41, 5.74) is 12.3. The number of furan rings is 1. The summed E-state index contributed by atoms with van der Waals surface area (Å²) in [5.74, 6) is 0.332. The fraction of sp³-hybridized carbons (Fsp3) is 0.0323. The lowest BCUT2D eigenvalue weighted by Crippen LogP contribution is -2.40. The van der Waals surface area contributed by atoms with Crippen LogP contribution in [0.2, 0.25) is 0 Å². The van der Waals surface area contributed by atoms with Crippen molar-refractivity contribution in [1.29, 1.82) is 0 Å². The molecule has 2 heterocycles. The van der Waals surface area contributed by atoms with Crippen molar-refractivity contribution < 1.29 is 4.42 Å². The molecule has 298 valence electrons. The number of hydrogen-bond donors (Lipinski definition) is 0. The van der Waals surface area contributed by atoms with Crippen LogP contribution in [0.15, 0.2) is 223 Å². The van der Waals surface area contributed by atoms with Gasteiger partial charge in [-0.05, 0) is 112 Å². The van der Waals surface area contributed by atoms with Crippen molar-refractivity contribution in [3.05, 3.63) is 240 Å². The highest BCUT2D eigenvalue weighted by atomic mass is 32.1. The standard InChI is InChI=1S/C62H38OS/c1-2-16-38(17-3-1)57-43-19-6-8-21-45(43)59(46-22-9-7-20-44(46)57)40-29-32-42-51-27-14-28-52(62(51)64-56(42)36-40)60-49-25-12-10-23-47(49)58(48-24-11-13-26-50(48)60)39-31-33-54-53(35-39)61-41-18-5-4-15-37(41)30-34-55(61)63-54/h1-36,47,49H. The molecule has 1 nitrogen and oxygen atoms in total. The van der Waals surface area contributed by atoms with Gasteiger partial charge in [0.25, 0.3) is 0 Å². The molecule has 0 aliphatic heterocycles. The molecular formula is C62H38OS. The highest BCUT2D eigenvalue weighted by Gasteiger charge is 2.33. The van der Waals surface area contributed by atoms with E-state index in [0.717, 1.165) is 11.2 Å². The van der Waals surface area contributed by atoms with Gasteiger partial charge in [0.15, 0.2) is 0 Å². The van der Waals surface area contributed by atoms with Gasteiger partial charge < -0.3 is 4.42 Å². The van der Waals surface area contributed by atoms with Crippen LogP contribution in [-0.2, 0) is 0 Å². The Morgan fingerprint density at radius 2 is 0.969 bits per heavy atom. The number of allylic oxidation sites excluding steroid dienone is 4. The van der Waals surface area contributed by atoms with Crippen LogP contribution in [0.1, 0.15) is 11.1 Å². The first-order valence-corrected chi connectivity index (χ1v) is 23.1. The Hall–Kier alpha value is -7.78. The monoisotopic (exact) mass is 830 g/mol. The third kappa shape index (κ3) is 5.18. The quantitative estimate of drug-likeness (QED) is 0.161. The highest BCUT2D eigenvalue weighted by molar-refractivity contribution is 7.26. The maximum absolute atomic E-state index is 6.47. The Balaban J connectivity index is 0.993. The SMILES string of the molecule is C1=CC2C(c3ccc4oc5ccc6ccccc6c5c4c3)=c3ccccc3=C(c3cccc4c3sc3cc(-c5c6ccccc6c(-c6ccccc6)c6ccccc56)ccc34)C2C=C1. The van der Waals surface area contributed by atoms with Crippen molar-refractivity contribution in [2.24, 2.45) is 11.8 Å². The molecular weight excluding hydrogens is 793 g/mol. The molecule has 0 fully saturated rings. The summed E-state index contributed by atoms with van der Waals surface area (Å²) < 4.78 is 9.12. The predicted octanol–water partition coefficient (Wildman–Crippen LogP) is 15.5. The second kappa shape index (κ2) is 13.9. The fourth-order valence-electron chi connectivity index (χ4n) is 11.4. The Kier molecular flexibility index (Phi) is 7.75. The van der Waals surface area contributed by atoms with E-state index in [2.05, 4.69) is 218 Å². The van der Waals surface area contributed by atoms with E-state index in [4.69, 9.17) is 4.42 Å². The van der Waals surface area contributed by atoms with E-state index < -0.39 is 0 Å². The molecule has 0 spiro atoms. The molecule has 0 saturated heterocycles. The Labute approximate surface area is 373 Å². The zero-order valence-corrected chi connectivity index (χ0v) is 35.6. The molecule has 10 aromatic carbocycles. The maximum Gasteiger partial charge on any atom is 0.136 e. The molecule has 0 saturated carbocycles. The van der Waals surface area contributed by atoms with E-state index in [1.807, 2.05) is 11.3 Å². The van der Waals surface area contributed by atoms with Crippen LogP contribution in [0.5, 0.6) is 0 Å². The molecule has 2 atom stereocenters. The van der Waals surface area contributed by atoms with Gasteiger partial charge in [0, 0.05) is 42.8 Å². The summed E-state index contributed by atoms with van der Waals surface area (Å²) in [4.78, 5) is 0. The summed E-state index contributed by atoms with van der Waals surface area (Å²) in [6, 6.07) is 71.8. The molecule has 0 bridgehead atoms. The number of hydrogen-bond acceptors (Lipinski definition) is 2. The topological polar surface area (TPSA) is 13.1 Å². The molecule has 12 aromatic rings. The maximum atomic E-state index is 6.47. The molecule has 2 aromatic heterocycles. The molecule has 2 unspecified atom stereocenters. The van der Waals surface area contributed by atoms with Crippen molar-refractivity contribution in [1.82, 2.24) is 0 Å². The van der Waals surface area contributed by atoms with Crippen LogP contribution < -0.4 is 10.4 Å². The van der Waals surface area contributed by atoms with Crippen molar-refractivity contribution in [2.45, 2.75) is 0 Å². The lowest BCUT2D eigenvalue weighted by molar-refractivity contribution is 0.669. The van der Waals surface area contributed by atoms with E-state index in [0.29, 0.717) is 0 Å². The molecule has 14 rings (SSSR count). The number of fused-ring (bicyclic) bond motifs is 12. The van der Waals surface area contributed by atoms with Crippen molar-refractivity contribution >= 4 is 96.9 Å². The second-order valence-electron chi connectivity index (χ2n) is 17.4. The summed E-state index contributed by atoms with van der Waals surface area (Å²) in [6.07, 6.45) is 9.36. The van der Waals surface area contributed by atoms with Gasteiger partial charge in [-0.1, -0.05) is 194 Å². The van der Waals surface area contributed by atoms with Gasteiger partial charge in [0.1, 0.15) is 11.2 Å². The second-order valence-corrected chi connectivity index (χ2v) is 18.4. The molecule has 2 heteroatoms. The third-order valence-electron chi connectivity index (χ3n) is 14.1. The average Bonchev–Trinajstić information content (AvgIpc) is 3.93. The van der Waals surface area contributed by atoms with Crippen LogP contribution in [0.4, 0.5) is 0 Å². The molecule has 0 radical (unpaired) electrons. The average molecular weight is 831 g/mol. The van der Waals surface area contributed by atoms with Gasteiger partial charge in [-0.15, -0.1) is 11.3 Å². The minimum Gasteiger partial charge on any atom is -0.456 e. The van der Waals surface area contributed by atoms with E-state index in [1.165, 1.54) is 118 Å². The van der Waals surface area contributed by atoms with Gasteiger partial charge in [0.05, 0.1) is 0 Å². The van der Waals surface area contributed by atoms with Crippen molar-refractivity contribution in [2.75, 3.05) is 0 Å². The molecule has 2 aliphatic rings. The summed E-state index contributed by atoms with van der Waals surface area (Å²) in [5, 5.41) is 15.1. The first kappa shape index (κ1) is 35.8. The van der Waals surface area contributed by atoms with Crippen molar-refractivity contribution in [3.63, 3.8) is 0 Å². The van der Waals surface area contributed by atoms with Crippen LogP contribution in [0.3, 0.4) is 0 Å². The number of benzene rings is 10. The minimum absolute atomic E-state index is 0.166. The zero-order valence-electron chi connectivity index (χ0n) is 34.8. The van der Waals surface area contributed by atoms with Crippen LogP contribution in [-0.4, -0.2) is 0 Å². The van der Waals surface area contributed by atoms with E-state index in [-0.39, 0.29) is 11.8 Å². The largest absolute Gasteiger partial charge is 0.456 e. The fourth-order valence-corrected chi connectivity index (χ4v) is 12.6. The number of thiophene rings is 1. The lowest BCUT2D eigenvalue weighted by atomic mass is 9.70. The third-order valence-corrected chi connectivity index (χ3v) is 15.3. The zero-order chi connectivity index (χ0) is 41.9. The van der Waals surface area contributed by atoms with Gasteiger partial charge in [-0.2, -0.15) is 0 Å². The summed E-state index contributed by atoms with van der Waals surface area (Å²) >= 11 is 1.94. The summed E-state index contributed by atoms with van der Waals surface area (Å²) in [7, 11) is 0. The molecule has 0 amide bonds. The molecule has 0 N–H and O–H groups in total. The normalized spacial score (nSPS) is 15.9. The smallest absolute Gasteiger partial charge is 0.136 e. The lowest BCUT2D eigenvalue weighted by Gasteiger charge is -2.33. The van der Waals surface area contributed by atoms with Gasteiger partial charge in [-0.25, -0.2) is 0 Å². The summed E-state index contributed by atoms with van der Waals surface area (Å²) in [6.45, 7) is 0. The molecule has 64 heavy (non-hydrogen) atoms. The highest BCUT2D eigenvalue weighted by Crippen LogP contribution is 2.48. The van der Waals surface area contributed by atoms with E-state index in [9.17, 15) is 0 Å². The Morgan fingerprint density at radius 1 is 0.375 bits per heavy atom. The van der Waals surface area contributed by atoms with Gasteiger partial charge in [-0.3, -0.25) is 0 Å².